The van der Waals surface area contributed by atoms with E-state index in [0.717, 1.165) is 12.1 Å². The van der Waals surface area contributed by atoms with E-state index in [4.69, 9.17) is 0 Å². The van der Waals surface area contributed by atoms with E-state index in [0.29, 0.717) is 34.2 Å². The number of aromatic amines is 1. The van der Waals surface area contributed by atoms with Gasteiger partial charge in [0.15, 0.2) is 16.8 Å². The molecular weight excluding hydrogens is 418 g/mol. The lowest BCUT2D eigenvalue weighted by Gasteiger charge is -2.06. The molecule has 2 aromatic heterocycles. The van der Waals surface area contributed by atoms with Crippen molar-refractivity contribution in [3.63, 3.8) is 0 Å². The topological polar surface area (TPSA) is 87.7 Å². The van der Waals surface area contributed by atoms with Crippen LogP contribution in [0.5, 0.6) is 0 Å². The summed E-state index contributed by atoms with van der Waals surface area (Å²) in [6.45, 7) is 0. The summed E-state index contributed by atoms with van der Waals surface area (Å²) in [4.78, 5) is 11.4. The zero-order chi connectivity index (χ0) is 20.4. The number of halogens is 2. The van der Waals surface area contributed by atoms with Crippen LogP contribution in [0.4, 0.5) is 13.9 Å². The molecule has 0 amide bonds. The van der Waals surface area contributed by atoms with Crippen molar-refractivity contribution in [3.8, 4) is 11.4 Å². The Balaban J connectivity index is 1.50. The van der Waals surface area contributed by atoms with E-state index >= 15 is 0 Å². The zero-order valence-electron chi connectivity index (χ0n) is 14.8. The molecule has 6 nitrogen and oxygen atoms in total. The largest absolute Gasteiger partial charge is 0.342 e. The Morgan fingerprint density at radius 3 is 2.52 bits per heavy atom. The molecule has 0 aliphatic carbocycles. The van der Waals surface area contributed by atoms with E-state index in [2.05, 4.69) is 19.7 Å². The Bertz CT molecular complexity index is 1240. The van der Waals surface area contributed by atoms with E-state index < -0.39 is 21.7 Å². The van der Waals surface area contributed by atoms with Crippen LogP contribution in [0.25, 0.3) is 11.4 Å². The van der Waals surface area contributed by atoms with Crippen molar-refractivity contribution in [2.24, 2.45) is 0 Å². The van der Waals surface area contributed by atoms with Crippen molar-refractivity contribution in [2.75, 3.05) is 4.72 Å². The first-order chi connectivity index (χ1) is 13.9. The third-order valence-corrected chi connectivity index (χ3v) is 6.27. The highest BCUT2D eigenvalue weighted by molar-refractivity contribution is 7.93. The maximum atomic E-state index is 13.3. The van der Waals surface area contributed by atoms with Crippen molar-refractivity contribution in [3.05, 3.63) is 83.1 Å². The van der Waals surface area contributed by atoms with Gasteiger partial charge in [0, 0.05) is 35.5 Å². The van der Waals surface area contributed by atoms with Gasteiger partial charge in [-0.05, 0) is 42.0 Å². The fraction of sp³-hybridized carbons (Fsp3) is 0.0526. The van der Waals surface area contributed by atoms with Gasteiger partial charge in [0.2, 0.25) is 0 Å². The van der Waals surface area contributed by atoms with Gasteiger partial charge in [-0.2, -0.15) is 0 Å². The number of thiazole rings is 1. The summed E-state index contributed by atoms with van der Waals surface area (Å²) in [5.74, 6) is -1.25. The third kappa shape index (κ3) is 4.33. The van der Waals surface area contributed by atoms with Crippen LogP contribution in [0, 0.1) is 11.6 Å². The van der Waals surface area contributed by atoms with Crippen molar-refractivity contribution in [2.45, 2.75) is 11.3 Å². The van der Waals surface area contributed by atoms with Gasteiger partial charge < -0.3 is 4.98 Å². The van der Waals surface area contributed by atoms with Crippen LogP contribution in [-0.4, -0.2) is 23.4 Å². The molecule has 0 atom stereocenters. The molecule has 0 unspecified atom stereocenters. The summed E-state index contributed by atoms with van der Waals surface area (Å²) in [5, 5.41) is 1.97. The lowest BCUT2D eigenvalue weighted by atomic mass is 10.1. The minimum Gasteiger partial charge on any atom is -0.342 e. The number of rotatable bonds is 6. The highest BCUT2D eigenvalue weighted by atomic mass is 32.2. The first-order valence-electron chi connectivity index (χ1n) is 8.41. The smallest absolute Gasteiger partial charge is 0.263 e. The van der Waals surface area contributed by atoms with E-state index in [1.165, 1.54) is 35.7 Å². The summed E-state index contributed by atoms with van der Waals surface area (Å²) in [5.41, 5.74) is 2.01. The fourth-order valence-corrected chi connectivity index (χ4v) is 4.49. The predicted molar refractivity (Wildman–Crippen MR) is 106 cm³/mol. The quantitative estimate of drug-likeness (QED) is 0.478. The molecule has 0 bridgehead atoms. The van der Waals surface area contributed by atoms with E-state index in [9.17, 15) is 17.2 Å². The van der Waals surface area contributed by atoms with Crippen molar-refractivity contribution >= 4 is 26.5 Å². The molecule has 0 saturated carbocycles. The molecule has 0 aliphatic rings. The number of aromatic nitrogens is 3. The second-order valence-electron chi connectivity index (χ2n) is 6.15. The van der Waals surface area contributed by atoms with Crippen LogP contribution in [0.15, 0.2) is 65.1 Å². The van der Waals surface area contributed by atoms with E-state index in [1.54, 1.807) is 23.7 Å². The average Bonchev–Trinajstić information content (AvgIpc) is 3.37. The summed E-state index contributed by atoms with van der Waals surface area (Å²) < 4.78 is 53.6. The van der Waals surface area contributed by atoms with Gasteiger partial charge in [-0.15, -0.1) is 11.3 Å². The highest BCUT2D eigenvalue weighted by Gasteiger charge is 2.16. The Morgan fingerprint density at radius 2 is 1.83 bits per heavy atom. The SMILES string of the molecule is O=S(=O)(Nc1nccs1)c1ccc(-c2ncc(Cc3ccc(F)c(F)c3)[nH]2)cc1. The predicted octanol–water partition coefficient (Wildman–Crippen LogP) is 4.20. The molecule has 0 aliphatic heterocycles. The third-order valence-electron chi connectivity index (χ3n) is 4.10. The standard InChI is InChI=1S/C19H14F2N4O2S2/c20-16-6-1-12(10-17(16)21)9-14-11-23-18(24-14)13-2-4-15(5-3-13)29(26,27)25-19-22-7-8-28-19/h1-8,10-11H,9H2,(H,22,25)(H,23,24). The van der Waals surface area contributed by atoms with Crippen LogP contribution in [0.2, 0.25) is 0 Å². The molecule has 0 fully saturated rings. The molecule has 0 spiro atoms. The van der Waals surface area contributed by atoms with Gasteiger partial charge >= 0.3 is 0 Å². The molecule has 2 N–H and O–H groups in total. The van der Waals surface area contributed by atoms with Crippen LogP contribution >= 0.6 is 11.3 Å². The first kappa shape index (κ1) is 19.2. The minimum atomic E-state index is -3.72. The van der Waals surface area contributed by atoms with Gasteiger partial charge in [0.1, 0.15) is 5.82 Å². The normalized spacial score (nSPS) is 11.5. The monoisotopic (exact) mass is 432 g/mol. The molecule has 148 valence electrons. The fourth-order valence-electron chi connectivity index (χ4n) is 2.70. The molecule has 29 heavy (non-hydrogen) atoms. The Hall–Kier alpha value is -3.11. The molecule has 2 aromatic carbocycles. The van der Waals surface area contributed by atoms with Gasteiger partial charge in [-0.3, -0.25) is 4.72 Å². The minimum absolute atomic E-state index is 0.102. The summed E-state index contributed by atoms with van der Waals surface area (Å²) in [7, 11) is -3.72. The number of imidazole rings is 1. The van der Waals surface area contributed by atoms with Crippen molar-refractivity contribution in [1.82, 2.24) is 15.0 Å². The number of nitrogens with zero attached hydrogens (tertiary/aromatic N) is 2. The second-order valence-corrected chi connectivity index (χ2v) is 8.73. The molecule has 2 heterocycles. The first-order valence-corrected chi connectivity index (χ1v) is 10.8. The number of H-pyrrole nitrogens is 1. The van der Waals surface area contributed by atoms with Gasteiger partial charge in [0.25, 0.3) is 10.0 Å². The van der Waals surface area contributed by atoms with Crippen LogP contribution in [-0.2, 0) is 16.4 Å². The summed E-state index contributed by atoms with van der Waals surface area (Å²) in [6.07, 6.45) is 3.47. The molecule has 10 heteroatoms. The lowest BCUT2D eigenvalue weighted by molar-refractivity contribution is 0.507. The zero-order valence-corrected chi connectivity index (χ0v) is 16.4. The Kier molecular flexibility index (Phi) is 5.12. The van der Waals surface area contributed by atoms with Crippen LogP contribution < -0.4 is 4.72 Å². The van der Waals surface area contributed by atoms with Crippen LogP contribution in [0.1, 0.15) is 11.3 Å². The Morgan fingerprint density at radius 1 is 1.03 bits per heavy atom. The van der Waals surface area contributed by atoms with E-state index in [-0.39, 0.29) is 4.90 Å². The summed E-state index contributed by atoms with van der Waals surface area (Å²) in [6, 6.07) is 9.96. The molecular formula is C19H14F2N4O2S2. The number of hydrogen-bond acceptors (Lipinski definition) is 5. The number of nitrogens with one attached hydrogen (secondary N) is 2. The number of sulfonamides is 1. The maximum Gasteiger partial charge on any atom is 0.263 e. The molecule has 0 radical (unpaired) electrons. The number of benzene rings is 2. The molecule has 4 aromatic rings. The average molecular weight is 432 g/mol. The maximum absolute atomic E-state index is 13.3. The van der Waals surface area contributed by atoms with Gasteiger partial charge in [-0.1, -0.05) is 6.07 Å². The van der Waals surface area contributed by atoms with Crippen molar-refractivity contribution < 1.29 is 17.2 Å². The van der Waals surface area contributed by atoms with Gasteiger partial charge in [-0.25, -0.2) is 27.2 Å². The highest BCUT2D eigenvalue weighted by Crippen LogP contribution is 2.22. The number of hydrogen-bond donors (Lipinski definition) is 2. The Labute approximate surface area is 169 Å². The second kappa shape index (κ2) is 7.72. The molecule has 4 rings (SSSR count). The lowest BCUT2D eigenvalue weighted by Crippen LogP contribution is -2.12. The molecule has 0 saturated heterocycles. The summed E-state index contributed by atoms with van der Waals surface area (Å²) >= 11 is 1.19. The number of anilines is 1. The van der Waals surface area contributed by atoms with E-state index in [1.807, 2.05) is 0 Å². The van der Waals surface area contributed by atoms with Crippen molar-refractivity contribution in [1.29, 1.82) is 0 Å². The van der Waals surface area contributed by atoms with Gasteiger partial charge in [0.05, 0.1) is 4.90 Å². The van der Waals surface area contributed by atoms with Crippen LogP contribution in [0.3, 0.4) is 0 Å².